The molecular weight excluding hydrogens is 375 g/mol. The molecule has 0 unspecified atom stereocenters. The van der Waals surface area contributed by atoms with Gasteiger partial charge in [0.2, 0.25) is 0 Å². The lowest BCUT2D eigenvalue weighted by Crippen LogP contribution is -2.39. The van der Waals surface area contributed by atoms with Crippen LogP contribution in [0.4, 0.5) is 0 Å². The number of thiophene rings is 1. The molecule has 0 fully saturated rings. The van der Waals surface area contributed by atoms with Gasteiger partial charge in [-0.25, -0.2) is 9.78 Å². The third-order valence-corrected chi connectivity index (χ3v) is 4.76. The molecule has 0 saturated heterocycles. The highest BCUT2D eigenvalue weighted by molar-refractivity contribution is 7.20. The molecule has 3 heterocycles. The van der Waals surface area contributed by atoms with E-state index in [0.717, 1.165) is 15.9 Å². The summed E-state index contributed by atoms with van der Waals surface area (Å²) in [6, 6.07) is 4.64. The molecule has 0 saturated carbocycles. The molecule has 0 bridgehead atoms. The van der Waals surface area contributed by atoms with Crippen LogP contribution in [0.15, 0.2) is 34.0 Å². The maximum absolute atomic E-state index is 12.3. The van der Waals surface area contributed by atoms with Crippen molar-refractivity contribution in [2.75, 3.05) is 6.54 Å². The van der Waals surface area contributed by atoms with E-state index >= 15 is 0 Å². The van der Waals surface area contributed by atoms with Gasteiger partial charge in [0.1, 0.15) is 9.98 Å². The summed E-state index contributed by atoms with van der Waals surface area (Å²) >= 11 is 12.8. The van der Waals surface area contributed by atoms with Crippen LogP contribution in [0, 0.1) is 0 Å². The minimum absolute atomic E-state index is 0.0141. The number of aromatic nitrogens is 3. The molecule has 3 rings (SSSR count). The molecule has 24 heavy (non-hydrogen) atoms. The first-order valence-electron chi connectivity index (χ1n) is 6.78. The predicted octanol–water partition coefficient (Wildman–Crippen LogP) is 1.88. The van der Waals surface area contributed by atoms with Gasteiger partial charge < -0.3 is 5.32 Å². The number of aromatic amines is 1. The Bertz CT molecular complexity index is 1040. The molecule has 0 aliphatic heterocycles. The smallest absolute Gasteiger partial charge is 0.330 e. The number of pyridine rings is 1. The summed E-state index contributed by atoms with van der Waals surface area (Å²) < 4.78 is 1.69. The second kappa shape index (κ2) is 6.76. The van der Waals surface area contributed by atoms with E-state index < -0.39 is 17.2 Å². The minimum Gasteiger partial charge on any atom is -0.350 e. The topological polar surface area (TPSA) is 96.8 Å². The van der Waals surface area contributed by atoms with Crippen LogP contribution in [0.3, 0.4) is 0 Å². The summed E-state index contributed by atoms with van der Waals surface area (Å²) in [5.74, 6) is -0.421. The van der Waals surface area contributed by atoms with Gasteiger partial charge in [-0.1, -0.05) is 23.2 Å². The highest BCUT2D eigenvalue weighted by Crippen LogP contribution is 2.30. The van der Waals surface area contributed by atoms with Crippen LogP contribution < -0.4 is 16.6 Å². The number of rotatable bonds is 4. The van der Waals surface area contributed by atoms with Gasteiger partial charge in [0, 0.05) is 19.3 Å². The molecule has 1 amide bonds. The van der Waals surface area contributed by atoms with Crippen LogP contribution >= 0.6 is 34.5 Å². The van der Waals surface area contributed by atoms with E-state index in [0.29, 0.717) is 9.72 Å². The number of nitrogens with one attached hydrogen (secondary N) is 2. The molecule has 0 aliphatic rings. The summed E-state index contributed by atoms with van der Waals surface area (Å²) in [7, 11) is 0. The molecule has 0 aromatic carbocycles. The molecule has 0 aliphatic carbocycles. The zero-order chi connectivity index (χ0) is 17.3. The van der Waals surface area contributed by atoms with E-state index in [1.807, 2.05) is 0 Å². The van der Waals surface area contributed by atoms with Gasteiger partial charge in [0.25, 0.3) is 11.5 Å². The Morgan fingerprint density at radius 1 is 1.38 bits per heavy atom. The van der Waals surface area contributed by atoms with Gasteiger partial charge in [-0.15, -0.1) is 11.3 Å². The average molecular weight is 385 g/mol. The lowest BCUT2D eigenvalue weighted by atomic mass is 10.3. The summed E-state index contributed by atoms with van der Waals surface area (Å²) in [6.45, 7) is 0.0949. The van der Waals surface area contributed by atoms with Crippen LogP contribution in [0.25, 0.3) is 11.0 Å². The van der Waals surface area contributed by atoms with Crippen molar-refractivity contribution in [1.29, 1.82) is 0 Å². The van der Waals surface area contributed by atoms with Gasteiger partial charge >= 0.3 is 5.69 Å². The van der Waals surface area contributed by atoms with Gasteiger partial charge in [-0.2, -0.15) is 0 Å². The monoisotopic (exact) mass is 384 g/mol. The largest absolute Gasteiger partial charge is 0.350 e. The number of carbonyl (C=O) groups excluding carboxylic acids is 1. The number of hydrogen-bond donors (Lipinski definition) is 2. The van der Waals surface area contributed by atoms with E-state index in [1.54, 1.807) is 12.1 Å². The number of amides is 1. The lowest BCUT2D eigenvalue weighted by Gasteiger charge is -2.07. The number of nitrogens with zero attached hydrogens (tertiary/aromatic N) is 2. The summed E-state index contributed by atoms with van der Waals surface area (Å²) in [5.41, 5.74) is -0.562. The average Bonchev–Trinajstić information content (AvgIpc) is 2.89. The predicted molar refractivity (Wildman–Crippen MR) is 93.3 cm³/mol. The fraction of sp³-hybridized carbons (Fsp3) is 0.143. The fourth-order valence-corrected chi connectivity index (χ4v) is 3.62. The van der Waals surface area contributed by atoms with Gasteiger partial charge in [0.15, 0.2) is 0 Å². The molecule has 124 valence electrons. The van der Waals surface area contributed by atoms with Crippen molar-refractivity contribution >= 4 is 51.5 Å². The Hall–Kier alpha value is -2.16. The molecule has 3 aromatic heterocycles. The first-order valence-corrected chi connectivity index (χ1v) is 8.35. The zero-order valence-electron chi connectivity index (χ0n) is 12.0. The van der Waals surface area contributed by atoms with E-state index in [-0.39, 0.29) is 28.6 Å². The van der Waals surface area contributed by atoms with Crippen LogP contribution in [0.5, 0.6) is 0 Å². The standard InChI is InChI=1S/C14H10Cl2N4O3S/c15-9-6-8(10(16)24-9)12(21)18-4-5-20-13(22)7-2-1-3-17-11(7)19-14(20)23/h1-3,6H,4-5H2,(H,18,21)(H,17,19,23). The second-order valence-electron chi connectivity index (χ2n) is 4.78. The van der Waals surface area contributed by atoms with Gasteiger partial charge in [0.05, 0.1) is 15.3 Å². The van der Waals surface area contributed by atoms with E-state index in [2.05, 4.69) is 15.3 Å². The summed E-state index contributed by atoms with van der Waals surface area (Å²) in [5, 5.41) is 2.90. The maximum Gasteiger partial charge on any atom is 0.330 e. The van der Waals surface area contributed by atoms with Gasteiger partial charge in [-0.05, 0) is 18.2 Å². The summed E-state index contributed by atoms with van der Waals surface area (Å²) in [4.78, 5) is 42.8. The third-order valence-electron chi connectivity index (χ3n) is 3.28. The SMILES string of the molecule is O=C(NCCn1c(=O)[nH]c2ncccc2c1=O)c1cc(Cl)sc1Cl. The lowest BCUT2D eigenvalue weighted by molar-refractivity contribution is 0.0952. The van der Waals surface area contributed by atoms with Crippen molar-refractivity contribution in [1.82, 2.24) is 19.9 Å². The third kappa shape index (κ3) is 3.21. The Labute approximate surface area is 148 Å². The van der Waals surface area contributed by atoms with E-state index in [9.17, 15) is 14.4 Å². The maximum atomic E-state index is 12.3. The van der Waals surface area contributed by atoms with Crippen LogP contribution in [-0.2, 0) is 6.54 Å². The number of fused-ring (bicyclic) bond motifs is 1. The Balaban J connectivity index is 1.77. The first kappa shape index (κ1) is 16.7. The van der Waals surface area contributed by atoms with Crippen molar-refractivity contribution in [3.8, 4) is 0 Å². The molecule has 0 spiro atoms. The quantitative estimate of drug-likeness (QED) is 0.717. The molecule has 2 N–H and O–H groups in total. The van der Waals surface area contributed by atoms with E-state index in [4.69, 9.17) is 23.2 Å². The van der Waals surface area contributed by atoms with Crippen molar-refractivity contribution < 1.29 is 4.79 Å². The number of H-pyrrole nitrogens is 1. The number of halogens is 2. The highest BCUT2D eigenvalue weighted by atomic mass is 35.5. The zero-order valence-corrected chi connectivity index (χ0v) is 14.3. The number of carbonyl (C=O) groups is 1. The number of hydrogen-bond acceptors (Lipinski definition) is 5. The fourth-order valence-electron chi connectivity index (χ4n) is 2.16. The van der Waals surface area contributed by atoms with Crippen LogP contribution in [0.1, 0.15) is 10.4 Å². The van der Waals surface area contributed by atoms with Crippen molar-refractivity contribution in [3.05, 3.63) is 59.5 Å². The normalized spacial score (nSPS) is 10.9. The molecule has 7 nitrogen and oxygen atoms in total. The molecule has 10 heteroatoms. The van der Waals surface area contributed by atoms with E-state index in [1.165, 1.54) is 12.3 Å². The van der Waals surface area contributed by atoms with Crippen molar-refractivity contribution in [2.45, 2.75) is 6.54 Å². The van der Waals surface area contributed by atoms with Crippen LogP contribution in [0.2, 0.25) is 8.67 Å². The second-order valence-corrected chi connectivity index (χ2v) is 7.07. The van der Waals surface area contributed by atoms with Crippen molar-refractivity contribution in [3.63, 3.8) is 0 Å². The Morgan fingerprint density at radius 3 is 2.88 bits per heavy atom. The Kier molecular flexibility index (Phi) is 4.70. The van der Waals surface area contributed by atoms with Gasteiger partial charge in [-0.3, -0.25) is 19.1 Å². The molecule has 0 radical (unpaired) electrons. The highest BCUT2D eigenvalue weighted by Gasteiger charge is 2.14. The molecule has 0 atom stereocenters. The Morgan fingerprint density at radius 2 is 2.17 bits per heavy atom. The molecule has 3 aromatic rings. The summed E-state index contributed by atoms with van der Waals surface area (Å²) in [6.07, 6.45) is 1.48. The first-order chi connectivity index (χ1) is 11.5. The van der Waals surface area contributed by atoms with Crippen LogP contribution in [-0.4, -0.2) is 27.0 Å². The molecular formula is C14H10Cl2N4O3S. The minimum atomic E-state index is -0.586. The van der Waals surface area contributed by atoms with Crippen molar-refractivity contribution in [2.24, 2.45) is 0 Å².